The molecule has 0 spiro atoms. The highest BCUT2D eigenvalue weighted by Gasteiger charge is 2.34. The van der Waals surface area contributed by atoms with Crippen LogP contribution < -0.4 is 0 Å². The van der Waals surface area contributed by atoms with Crippen molar-refractivity contribution in [1.29, 1.82) is 0 Å². The van der Waals surface area contributed by atoms with Gasteiger partial charge in [-0.05, 0) is 51.0 Å². The number of thioether (sulfide) groups is 1. The van der Waals surface area contributed by atoms with Gasteiger partial charge in [-0.1, -0.05) is 54.5 Å². The van der Waals surface area contributed by atoms with Crippen LogP contribution in [0.5, 0.6) is 0 Å². The molecule has 25 heavy (non-hydrogen) atoms. The van der Waals surface area contributed by atoms with Crippen molar-refractivity contribution in [3.8, 4) is 12.3 Å². The van der Waals surface area contributed by atoms with E-state index in [2.05, 4.69) is 12.0 Å². The van der Waals surface area contributed by atoms with Crippen LogP contribution in [0.3, 0.4) is 0 Å². The molecule has 1 aliphatic heterocycles. The van der Waals surface area contributed by atoms with Gasteiger partial charge in [-0.15, -0.1) is 6.42 Å². The number of amides is 2. The van der Waals surface area contributed by atoms with E-state index < -0.39 is 0 Å². The molecule has 1 heterocycles. The average molecular weight is 343 g/mol. The number of benzene rings is 3. The number of fused-ring (bicyclic) bond motifs is 2. The number of imide groups is 1. The van der Waals surface area contributed by atoms with E-state index in [4.69, 9.17) is 6.42 Å². The van der Waals surface area contributed by atoms with Gasteiger partial charge in [0.15, 0.2) is 0 Å². The number of terminal acetylenes is 1. The molecule has 0 unspecified atom stereocenters. The molecule has 3 nitrogen and oxygen atoms in total. The molecule has 4 heteroatoms. The first-order valence-electron chi connectivity index (χ1n) is 7.78. The van der Waals surface area contributed by atoms with Crippen molar-refractivity contribution in [2.24, 2.45) is 0 Å². The highest BCUT2D eigenvalue weighted by atomic mass is 32.2. The zero-order chi connectivity index (χ0) is 17.4. The van der Waals surface area contributed by atoms with Crippen molar-refractivity contribution < 1.29 is 9.59 Å². The minimum atomic E-state index is -0.329. The number of rotatable bonds is 2. The molecule has 0 aromatic heterocycles. The van der Waals surface area contributed by atoms with Crippen LogP contribution in [0.15, 0.2) is 59.5 Å². The second-order valence-electron chi connectivity index (χ2n) is 5.70. The largest absolute Gasteiger partial charge is 0.294 e. The maximum atomic E-state index is 12.5. The van der Waals surface area contributed by atoms with Crippen LogP contribution in [0.2, 0.25) is 0 Å². The van der Waals surface area contributed by atoms with Crippen LogP contribution in [0.25, 0.3) is 27.6 Å². The van der Waals surface area contributed by atoms with Crippen molar-refractivity contribution in [2.75, 3.05) is 6.54 Å². The molecule has 1 saturated heterocycles. The molecule has 0 N–H and O–H groups in total. The lowest BCUT2D eigenvalue weighted by Gasteiger charge is -2.09. The lowest BCUT2D eigenvalue weighted by molar-refractivity contribution is -0.122. The van der Waals surface area contributed by atoms with Crippen LogP contribution in [-0.2, 0) is 4.79 Å². The molecule has 120 valence electrons. The van der Waals surface area contributed by atoms with Gasteiger partial charge in [0.05, 0.1) is 11.4 Å². The van der Waals surface area contributed by atoms with Crippen LogP contribution in [0.1, 0.15) is 5.56 Å². The Labute approximate surface area is 149 Å². The SMILES string of the molecule is C#CCN1C(=O)S/C(=C/c2c3ccccc3cc3ccccc23)C1=O. The summed E-state index contributed by atoms with van der Waals surface area (Å²) in [5.74, 6) is 2.03. The van der Waals surface area contributed by atoms with Gasteiger partial charge in [0, 0.05) is 0 Å². The second kappa shape index (κ2) is 6.12. The maximum Gasteiger partial charge on any atom is 0.294 e. The zero-order valence-electron chi connectivity index (χ0n) is 13.2. The van der Waals surface area contributed by atoms with Gasteiger partial charge in [-0.2, -0.15) is 0 Å². The third-order valence-electron chi connectivity index (χ3n) is 4.21. The predicted octanol–water partition coefficient (Wildman–Crippen LogP) is 4.66. The first-order valence-corrected chi connectivity index (χ1v) is 8.60. The fourth-order valence-corrected chi connectivity index (χ4v) is 3.88. The van der Waals surface area contributed by atoms with E-state index in [1.807, 2.05) is 54.6 Å². The predicted molar refractivity (Wildman–Crippen MR) is 103 cm³/mol. The Hall–Kier alpha value is -3.03. The highest BCUT2D eigenvalue weighted by Crippen LogP contribution is 2.36. The van der Waals surface area contributed by atoms with Crippen molar-refractivity contribution in [3.63, 3.8) is 0 Å². The topological polar surface area (TPSA) is 37.4 Å². The standard InChI is InChI=1S/C21H13NO2S/c1-2-11-22-20(23)19(25-21(22)24)13-18-16-9-5-3-7-14(16)12-15-8-4-6-10-17(15)18/h1,3-10,12-13H,11H2/b19-13+. The van der Waals surface area contributed by atoms with Crippen molar-refractivity contribution in [3.05, 3.63) is 65.1 Å². The van der Waals surface area contributed by atoms with Gasteiger partial charge in [-0.3, -0.25) is 14.5 Å². The molecule has 0 saturated carbocycles. The summed E-state index contributed by atoms with van der Waals surface area (Å²) in [6, 6.07) is 18.2. The summed E-state index contributed by atoms with van der Waals surface area (Å²) in [5.41, 5.74) is 0.944. The summed E-state index contributed by atoms with van der Waals surface area (Å²) in [6.45, 7) is -0.00169. The Kier molecular flexibility index (Phi) is 3.79. The van der Waals surface area contributed by atoms with Crippen LogP contribution >= 0.6 is 11.8 Å². The fourth-order valence-electron chi connectivity index (χ4n) is 3.06. The zero-order valence-corrected chi connectivity index (χ0v) is 14.0. The van der Waals surface area contributed by atoms with Crippen LogP contribution in [-0.4, -0.2) is 22.6 Å². The molecule has 0 atom stereocenters. The molecular formula is C21H13NO2S. The number of hydrogen-bond donors (Lipinski definition) is 0. The average Bonchev–Trinajstić information content (AvgIpc) is 2.89. The Balaban J connectivity index is 1.95. The fraction of sp³-hybridized carbons (Fsp3) is 0.0476. The van der Waals surface area contributed by atoms with E-state index in [0.717, 1.165) is 43.8 Å². The summed E-state index contributed by atoms with van der Waals surface area (Å²) in [5, 5.41) is 3.96. The van der Waals surface area contributed by atoms with Gasteiger partial charge in [0.2, 0.25) is 0 Å². The third kappa shape index (κ3) is 2.59. The van der Waals surface area contributed by atoms with Gasteiger partial charge in [-0.25, -0.2) is 0 Å². The normalized spacial score (nSPS) is 16.1. The van der Waals surface area contributed by atoms with Crippen LogP contribution in [0.4, 0.5) is 4.79 Å². The van der Waals surface area contributed by atoms with E-state index in [0.29, 0.717) is 4.91 Å². The molecule has 2 amide bonds. The van der Waals surface area contributed by atoms with Gasteiger partial charge < -0.3 is 0 Å². The lowest BCUT2D eigenvalue weighted by atomic mass is 9.96. The van der Waals surface area contributed by atoms with E-state index in [1.54, 1.807) is 0 Å². The molecule has 3 aromatic rings. The lowest BCUT2D eigenvalue weighted by Crippen LogP contribution is -2.28. The number of carbonyl (C=O) groups is 2. The minimum Gasteiger partial charge on any atom is -0.268 e. The number of carbonyl (C=O) groups excluding carboxylic acids is 2. The molecule has 3 aromatic carbocycles. The Morgan fingerprint density at radius 3 is 2.20 bits per heavy atom. The van der Waals surface area contributed by atoms with E-state index in [-0.39, 0.29) is 17.7 Å². The summed E-state index contributed by atoms with van der Waals surface area (Å²) >= 11 is 0.937. The van der Waals surface area contributed by atoms with Crippen molar-refractivity contribution >= 4 is 50.5 Å². The molecule has 1 aliphatic rings. The Morgan fingerprint density at radius 2 is 1.60 bits per heavy atom. The number of hydrogen-bond acceptors (Lipinski definition) is 3. The van der Waals surface area contributed by atoms with Crippen LogP contribution in [0, 0.1) is 12.3 Å². The van der Waals surface area contributed by atoms with Gasteiger partial charge >= 0.3 is 0 Å². The highest BCUT2D eigenvalue weighted by molar-refractivity contribution is 8.18. The summed E-state index contributed by atoms with van der Waals surface area (Å²) < 4.78 is 0. The second-order valence-corrected chi connectivity index (χ2v) is 6.70. The van der Waals surface area contributed by atoms with Crippen molar-refractivity contribution in [2.45, 2.75) is 0 Å². The van der Waals surface area contributed by atoms with Gasteiger partial charge in [0.1, 0.15) is 0 Å². The minimum absolute atomic E-state index is 0.00169. The Bertz CT molecular complexity index is 1050. The third-order valence-corrected chi connectivity index (χ3v) is 5.12. The quantitative estimate of drug-likeness (QED) is 0.386. The Morgan fingerprint density at radius 1 is 1.00 bits per heavy atom. The monoisotopic (exact) mass is 343 g/mol. The van der Waals surface area contributed by atoms with Crippen molar-refractivity contribution in [1.82, 2.24) is 4.90 Å². The summed E-state index contributed by atoms with van der Waals surface area (Å²) in [4.78, 5) is 26.0. The molecule has 1 fully saturated rings. The molecule has 0 radical (unpaired) electrons. The molecule has 0 aliphatic carbocycles. The molecule has 0 bridgehead atoms. The van der Waals surface area contributed by atoms with E-state index in [1.165, 1.54) is 0 Å². The molecular weight excluding hydrogens is 330 g/mol. The van der Waals surface area contributed by atoms with Gasteiger partial charge in [0.25, 0.3) is 11.1 Å². The van der Waals surface area contributed by atoms with E-state index in [9.17, 15) is 9.59 Å². The summed E-state index contributed by atoms with van der Waals surface area (Å²) in [7, 11) is 0. The first-order chi connectivity index (χ1) is 12.2. The summed E-state index contributed by atoms with van der Waals surface area (Å²) in [6.07, 6.45) is 7.07. The smallest absolute Gasteiger partial charge is 0.268 e. The number of nitrogens with zero attached hydrogens (tertiary/aromatic N) is 1. The van der Waals surface area contributed by atoms with E-state index >= 15 is 0 Å². The first kappa shape index (κ1) is 15.5. The molecule has 4 rings (SSSR count). The maximum absolute atomic E-state index is 12.5.